The first-order chi connectivity index (χ1) is 8.58. The maximum atomic E-state index is 6.21. The molecular weight excluding hydrogens is 250 g/mol. The van der Waals surface area contributed by atoms with Crippen LogP contribution in [0.4, 0.5) is 0 Å². The van der Waals surface area contributed by atoms with Gasteiger partial charge in [-0.15, -0.1) is 0 Å². The minimum Gasteiger partial charge on any atom is -0.380 e. The average Bonchev–Trinajstić information content (AvgIpc) is 3.10. The molecule has 0 unspecified atom stereocenters. The Morgan fingerprint density at radius 3 is 2.78 bits per heavy atom. The van der Waals surface area contributed by atoms with Crippen molar-refractivity contribution in [2.45, 2.75) is 26.3 Å². The van der Waals surface area contributed by atoms with E-state index in [1.54, 1.807) is 4.68 Å². The van der Waals surface area contributed by atoms with Crippen LogP contribution in [-0.4, -0.2) is 41.5 Å². The molecule has 2 rings (SSSR count). The van der Waals surface area contributed by atoms with Gasteiger partial charge in [-0.25, -0.2) is 0 Å². The molecule has 0 N–H and O–H groups in total. The van der Waals surface area contributed by atoms with Gasteiger partial charge in [-0.1, -0.05) is 11.6 Å². The normalized spacial score (nSPS) is 15.6. The number of halogens is 1. The van der Waals surface area contributed by atoms with Gasteiger partial charge < -0.3 is 4.74 Å². The zero-order chi connectivity index (χ0) is 13.1. The molecule has 1 aliphatic rings. The monoisotopic (exact) mass is 271 g/mol. The summed E-state index contributed by atoms with van der Waals surface area (Å²) in [6.07, 6.45) is 2.70. The minimum atomic E-state index is 0.734. The number of hydrogen-bond donors (Lipinski definition) is 0. The lowest BCUT2D eigenvalue weighted by Crippen LogP contribution is -2.23. The van der Waals surface area contributed by atoms with Crippen LogP contribution in [0, 0.1) is 12.8 Å². The molecule has 1 aromatic heterocycles. The van der Waals surface area contributed by atoms with E-state index in [-0.39, 0.29) is 0 Å². The van der Waals surface area contributed by atoms with Crippen LogP contribution in [0.3, 0.4) is 0 Å². The average molecular weight is 272 g/mol. The van der Waals surface area contributed by atoms with Crippen molar-refractivity contribution < 1.29 is 4.74 Å². The molecule has 0 spiro atoms. The van der Waals surface area contributed by atoms with Crippen LogP contribution in [0.25, 0.3) is 0 Å². The van der Waals surface area contributed by atoms with Crippen molar-refractivity contribution in [1.29, 1.82) is 0 Å². The fraction of sp³-hybridized carbons (Fsp3) is 0.769. The second-order valence-electron chi connectivity index (χ2n) is 5.23. The zero-order valence-electron chi connectivity index (χ0n) is 11.4. The van der Waals surface area contributed by atoms with Crippen LogP contribution in [-0.2, 0) is 18.3 Å². The molecule has 1 heterocycles. The molecule has 4 nitrogen and oxygen atoms in total. The quantitative estimate of drug-likeness (QED) is 0.713. The number of ether oxygens (including phenoxy) is 1. The molecule has 1 aromatic rings. The molecule has 18 heavy (non-hydrogen) atoms. The van der Waals surface area contributed by atoms with Crippen LogP contribution < -0.4 is 0 Å². The lowest BCUT2D eigenvalue weighted by molar-refractivity contribution is 0.102. The smallest absolute Gasteiger partial charge is 0.131 e. The summed E-state index contributed by atoms with van der Waals surface area (Å²) in [7, 11) is 3.96. The summed E-state index contributed by atoms with van der Waals surface area (Å²) in [5.41, 5.74) is 2.12. The fourth-order valence-corrected chi connectivity index (χ4v) is 2.19. The van der Waals surface area contributed by atoms with E-state index in [9.17, 15) is 0 Å². The van der Waals surface area contributed by atoms with Crippen LogP contribution in [0.2, 0.25) is 5.15 Å². The van der Waals surface area contributed by atoms with Gasteiger partial charge in [0.1, 0.15) is 5.15 Å². The molecule has 0 aromatic carbocycles. The summed E-state index contributed by atoms with van der Waals surface area (Å²) >= 11 is 6.21. The first-order valence-electron chi connectivity index (χ1n) is 6.52. The molecule has 0 saturated heterocycles. The summed E-state index contributed by atoms with van der Waals surface area (Å²) in [5.74, 6) is 0.838. The topological polar surface area (TPSA) is 30.3 Å². The molecule has 1 aliphatic carbocycles. The van der Waals surface area contributed by atoms with Crippen molar-refractivity contribution in [3.8, 4) is 0 Å². The molecule has 5 heteroatoms. The summed E-state index contributed by atoms with van der Waals surface area (Å²) in [4.78, 5) is 2.22. The van der Waals surface area contributed by atoms with Gasteiger partial charge in [-0.3, -0.25) is 9.58 Å². The molecule has 0 atom stereocenters. The fourth-order valence-electron chi connectivity index (χ4n) is 1.96. The standard InChI is InChI=1S/C13H22ClN3O/c1-10-12(13(14)17(3)15-10)8-16(2)6-7-18-9-11-4-5-11/h11H,4-9H2,1-3H3. The lowest BCUT2D eigenvalue weighted by atomic mass is 10.2. The van der Waals surface area contributed by atoms with Crippen molar-refractivity contribution >= 4 is 11.6 Å². The molecule has 0 radical (unpaired) electrons. The third-order valence-corrected chi connectivity index (χ3v) is 3.84. The predicted molar refractivity (Wildman–Crippen MR) is 72.8 cm³/mol. The Morgan fingerprint density at radius 1 is 1.50 bits per heavy atom. The number of hydrogen-bond acceptors (Lipinski definition) is 3. The Bertz CT molecular complexity index is 401. The Balaban J connectivity index is 1.73. The molecule has 0 aliphatic heterocycles. The summed E-state index contributed by atoms with van der Waals surface area (Å²) in [6.45, 7) is 5.48. The van der Waals surface area contributed by atoms with Gasteiger partial charge in [0.05, 0.1) is 12.3 Å². The molecule has 1 saturated carbocycles. The minimum absolute atomic E-state index is 0.734. The van der Waals surface area contributed by atoms with E-state index in [2.05, 4.69) is 17.0 Å². The van der Waals surface area contributed by atoms with Crippen molar-refractivity contribution in [2.75, 3.05) is 26.8 Å². The van der Waals surface area contributed by atoms with Gasteiger partial charge in [-0.2, -0.15) is 5.10 Å². The Labute approximate surface area is 114 Å². The Kier molecular flexibility index (Phi) is 4.65. The third kappa shape index (κ3) is 3.70. The number of aryl methyl sites for hydroxylation is 2. The number of nitrogens with zero attached hydrogens (tertiary/aromatic N) is 3. The van der Waals surface area contributed by atoms with Gasteiger partial charge in [0, 0.05) is 32.3 Å². The second kappa shape index (κ2) is 6.04. The molecule has 102 valence electrons. The van der Waals surface area contributed by atoms with Crippen LogP contribution in [0.1, 0.15) is 24.1 Å². The van der Waals surface area contributed by atoms with Crippen LogP contribution in [0.5, 0.6) is 0 Å². The van der Waals surface area contributed by atoms with E-state index in [0.29, 0.717) is 0 Å². The van der Waals surface area contributed by atoms with E-state index in [0.717, 1.165) is 48.6 Å². The predicted octanol–water partition coefficient (Wildman–Crippen LogP) is 2.24. The number of rotatable bonds is 7. The summed E-state index contributed by atoms with van der Waals surface area (Å²) in [5, 5.41) is 5.05. The van der Waals surface area contributed by atoms with Gasteiger partial charge in [0.15, 0.2) is 0 Å². The highest BCUT2D eigenvalue weighted by atomic mass is 35.5. The van der Waals surface area contributed by atoms with Gasteiger partial charge >= 0.3 is 0 Å². The Hall–Kier alpha value is -0.580. The lowest BCUT2D eigenvalue weighted by Gasteiger charge is -2.16. The van der Waals surface area contributed by atoms with Crippen molar-refractivity contribution in [3.05, 3.63) is 16.4 Å². The highest BCUT2D eigenvalue weighted by Gasteiger charge is 2.21. The van der Waals surface area contributed by atoms with Crippen LogP contribution >= 0.6 is 11.6 Å². The molecular formula is C13H22ClN3O. The second-order valence-corrected chi connectivity index (χ2v) is 5.59. The van der Waals surface area contributed by atoms with E-state index in [1.807, 2.05) is 14.0 Å². The maximum Gasteiger partial charge on any atom is 0.131 e. The molecule has 0 amide bonds. The SMILES string of the molecule is Cc1nn(C)c(Cl)c1CN(C)CCOCC1CC1. The van der Waals surface area contributed by atoms with Crippen molar-refractivity contribution in [2.24, 2.45) is 13.0 Å². The highest BCUT2D eigenvalue weighted by molar-refractivity contribution is 6.30. The Morgan fingerprint density at radius 2 is 2.22 bits per heavy atom. The molecule has 0 bridgehead atoms. The number of aromatic nitrogens is 2. The highest BCUT2D eigenvalue weighted by Crippen LogP contribution is 2.28. The van der Waals surface area contributed by atoms with E-state index in [1.165, 1.54) is 12.8 Å². The van der Waals surface area contributed by atoms with Crippen molar-refractivity contribution in [1.82, 2.24) is 14.7 Å². The van der Waals surface area contributed by atoms with E-state index >= 15 is 0 Å². The van der Waals surface area contributed by atoms with Crippen molar-refractivity contribution in [3.63, 3.8) is 0 Å². The first-order valence-corrected chi connectivity index (χ1v) is 6.90. The largest absolute Gasteiger partial charge is 0.380 e. The molecule has 1 fully saturated rings. The van der Waals surface area contributed by atoms with E-state index in [4.69, 9.17) is 16.3 Å². The summed E-state index contributed by atoms with van der Waals surface area (Å²) < 4.78 is 7.36. The van der Waals surface area contributed by atoms with Gasteiger partial charge in [0.2, 0.25) is 0 Å². The first kappa shape index (κ1) is 13.8. The van der Waals surface area contributed by atoms with Gasteiger partial charge in [0.25, 0.3) is 0 Å². The third-order valence-electron chi connectivity index (χ3n) is 3.37. The van der Waals surface area contributed by atoms with Crippen LogP contribution in [0.15, 0.2) is 0 Å². The summed E-state index contributed by atoms with van der Waals surface area (Å²) in [6, 6.07) is 0. The van der Waals surface area contributed by atoms with Gasteiger partial charge in [-0.05, 0) is 32.7 Å². The zero-order valence-corrected chi connectivity index (χ0v) is 12.2. The number of likely N-dealkylation sites (N-methyl/N-ethyl adjacent to an activating group) is 1. The maximum absolute atomic E-state index is 6.21. The van der Waals surface area contributed by atoms with E-state index < -0.39 is 0 Å².